The maximum atomic E-state index is 14.6. The number of piperidine rings is 2. The number of rotatable bonds is 6. The predicted molar refractivity (Wildman–Crippen MR) is 175 cm³/mol. The third kappa shape index (κ3) is 6.10. The lowest BCUT2D eigenvalue weighted by atomic mass is 9.77. The predicted octanol–water partition coefficient (Wildman–Crippen LogP) is 7.14. The van der Waals surface area contributed by atoms with Gasteiger partial charge in [-0.05, 0) is 79.9 Å². The number of sulfonamides is 2. The van der Waals surface area contributed by atoms with E-state index in [9.17, 15) is 21.6 Å². The molecule has 2 saturated heterocycles. The van der Waals surface area contributed by atoms with Crippen LogP contribution in [-0.4, -0.2) is 43.8 Å². The van der Waals surface area contributed by atoms with Crippen molar-refractivity contribution in [3.8, 4) is 0 Å². The van der Waals surface area contributed by atoms with Crippen LogP contribution in [0.4, 0.5) is 0 Å². The average molecular weight is 684 g/mol. The van der Waals surface area contributed by atoms with E-state index in [0.29, 0.717) is 21.2 Å². The Morgan fingerprint density at radius 2 is 1.16 bits per heavy atom. The zero-order valence-electron chi connectivity index (χ0n) is 24.7. The molecule has 11 heteroatoms. The van der Waals surface area contributed by atoms with E-state index in [-0.39, 0.29) is 35.0 Å². The summed E-state index contributed by atoms with van der Waals surface area (Å²) in [6, 6.07) is 24.5. The van der Waals surface area contributed by atoms with Crippen molar-refractivity contribution in [2.75, 3.05) is 6.54 Å². The molecule has 4 aromatic rings. The molecule has 4 atom stereocenters. The Morgan fingerprint density at radius 1 is 0.667 bits per heavy atom. The number of fused-ring (bicyclic) bond motifs is 1. The third-order valence-corrected chi connectivity index (χ3v) is 13.1. The first kappa shape index (κ1) is 31.9. The van der Waals surface area contributed by atoms with Crippen LogP contribution in [0.5, 0.6) is 0 Å². The van der Waals surface area contributed by atoms with E-state index in [4.69, 9.17) is 23.2 Å². The first-order chi connectivity index (χ1) is 21.4. The molecule has 2 aliphatic rings. The van der Waals surface area contributed by atoms with Gasteiger partial charge in [0.05, 0.1) is 21.9 Å². The van der Waals surface area contributed by atoms with Crippen molar-refractivity contribution >= 4 is 49.0 Å². The zero-order chi connectivity index (χ0) is 32.1. The number of hydrogen-bond acceptors (Lipinski definition) is 5. The Labute approximate surface area is 274 Å². The van der Waals surface area contributed by atoms with Crippen molar-refractivity contribution in [3.63, 3.8) is 0 Å². The number of carbonyl (C=O) groups is 1. The van der Waals surface area contributed by atoms with E-state index in [1.54, 1.807) is 97.1 Å². The second-order valence-electron chi connectivity index (χ2n) is 11.8. The Bertz CT molecular complexity index is 1970. The van der Waals surface area contributed by atoms with Crippen molar-refractivity contribution in [1.29, 1.82) is 0 Å². The summed E-state index contributed by atoms with van der Waals surface area (Å²) in [6.45, 7) is 3.57. The van der Waals surface area contributed by atoms with E-state index in [1.165, 1.54) is 8.61 Å². The van der Waals surface area contributed by atoms with Crippen LogP contribution < -0.4 is 0 Å². The van der Waals surface area contributed by atoms with Crippen molar-refractivity contribution < 1.29 is 21.6 Å². The lowest BCUT2D eigenvalue weighted by Crippen LogP contribution is -2.60. The number of carbonyl (C=O) groups excluding carboxylic acids is 1. The van der Waals surface area contributed by atoms with Crippen LogP contribution in [0.25, 0.3) is 0 Å². The number of aryl methyl sites for hydroxylation is 2. The van der Waals surface area contributed by atoms with Crippen LogP contribution in [-0.2, 0) is 24.8 Å². The van der Waals surface area contributed by atoms with Crippen molar-refractivity contribution in [1.82, 2.24) is 8.61 Å². The topological polar surface area (TPSA) is 91.8 Å². The van der Waals surface area contributed by atoms with Gasteiger partial charge in [0.15, 0.2) is 0 Å². The van der Waals surface area contributed by atoms with Crippen molar-refractivity contribution in [2.45, 2.75) is 54.6 Å². The maximum absolute atomic E-state index is 14.6. The highest BCUT2D eigenvalue weighted by Gasteiger charge is 2.54. The molecular weight excluding hydrogens is 651 g/mol. The van der Waals surface area contributed by atoms with Gasteiger partial charge in [0.25, 0.3) is 0 Å². The molecule has 7 nitrogen and oxygen atoms in total. The van der Waals surface area contributed by atoms with Crippen LogP contribution in [0.2, 0.25) is 10.0 Å². The normalized spacial score (nSPS) is 23.1. The molecule has 0 N–H and O–H groups in total. The average Bonchev–Trinajstić information content (AvgIpc) is 3.00. The summed E-state index contributed by atoms with van der Waals surface area (Å²) in [5.74, 6) is -1.09. The second kappa shape index (κ2) is 12.3. The summed E-state index contributed by atoms with van der Waals surface area (Å²) in [7, 11) is -8.25. The Hall–Kier alpha value is -3.05. The number of hydrogen-bond donors (Lipinski definition) is 0. The van der Waals surface area contributed by atoms with E-state index >= 15 is 0 Å². The van der Waals surface area contributed by atoms with Crippen molar-refractivity contribution in [3.05, 3.63) is 129 Å². The first-order valence-electron chi connectivity index (χ1n) is 14.6. The lowest BCUT2D eigenvalue weighted by Gasteiger charge is -2.51. The summed E-state index contributed by atoms with van der Waals surface area (Å²) in [5.41, 5.74) is 3.02. The van der Waals surface area contributed by atoms with Gasteiger partial charge in [-0.2, -0.15) is 8.61 Å². The van der Waals surface area contributed by atoms with Gasteiger partial charge in [0.1, 0.15) is 5.78 Å². The van der Waals surface area contributed by atoms with Gasteiger partial charge >= 0.3 is 0 Å². The Balaban J connectivity index is 1.52. The van der Waals surface area contributed by atoms with E-state index in [1.807, 2.05) is 13.8 Å². The van der Waals surface area contributed by atoms with E-state index < -0.39 is 44.1 Å². The summed E-state index contributed by atoms with van der Waals surface area (Å²) in [5, 5.41) is 0.841. The van der Waals surface area contributed by atoms with Crippen molar-refractivity contribution in [2.24, 2.45) is 5.92 Å². The molecule has 4 aromatic carbocycles. The summed E-state index contributed by atoms with van der Waals surface area (Å²) in [6.07, 6.45) is -0.0726. The number of ketones is 1. The molecule has 6 rings (SSSR count). The number of benzene rings is 4. The van der Waals surface area contributed by atoms with Crippen LogP contribution in [0.15, 0.2) is 107 Å². The third-order valence-electron chi connectivity index (χ3n) is 8.79. The molecular formula is C34H32Cl2N2O5S2. The van der Waals surface area contributed by atoms with Gasteiger partial charge in [-0.25, -0.2) is 16.8 Å². The van der Waals surface area contributed by atoms with Crippen LogP contribution in [0.3, 0.4) is 0 Å². The van der Waals surface area contributed by atoms with Crippen LogP contribution in [0.1, 0.15) is 47.2 Å². The quantitative estimate of drug-likeness (QED) is 0.216. The largest absolute Gasteiger partial charge is 0.299 e. The first-order valence-corrected chi connectivity index (χ1v) is 18.2. The molecule has 1 unspecified atom stereocenters. The lowest BCUT2D eigenvalue weighted by molar-refractivity contribution is -0.132. The fourth-order valence-electron chi connectivity index (χ4n) is 6.50. The summed E-state index contributed by atoms with van der Waals surface area (Å²) in [4.78, 5) is 14.2. The molecule has 234 valence electrons. The molecule has 0 aliphatic carbocycles. The van der Waals surface area contributed by atoms with E-state index in [0.717, 1.165) is 11.1 Å². The van der Waals surface area contributed by atoms with E-state index in [2.05, 4.69) is 0 Å². The molecule has 0 amide bonds. The minimum Gasteiger partial charge on any atom is -0.299 e. The van der Waals surface area contributed by atoms with Crippen LogP contribution >= 0.6 is 23.2 Å². The zero-order valence-corrected chi connectivity index (χ0v) is 27.8. The molecule has 2 fully saturated rings. The number of halogens is 2. The van der Waals surface area contributed by atoms with Crippen LogP contribution in [0, 0.1) is 19.8 Å². The monoisotopic (exact) mass is 682 g/mol. The van der Waals surface area contributed by atoms with Gasteiger partial charge < -0.3 is 0 Å². The number of Topliss-reactive ketones (excluding diaryl/α,β-unsaturated/α-hetero) is 1. The molecule has 2 heterocycles. The fraction of sp³-hybridized carbons (Fsp3) is 0.265. The standard InChI is InChI=1S/C34H32Cl2N2O5S2/c1-22-9-13-28(14-10-22)44(40,41)37-21-30-33(19-31(37)24-5-3-7-26(35)17-24)38(45(42,43)29-15-11-23(2)12-16-29)32(20-34(30)39)25-6-4-8-27(36)18-25/h3-18,30-33H,19-21H2,1-2H3/t30-,31+,32?,33+/m1/s1. The highest BCUT2D eigenvalue weighted by atomic mass is 35.5. The highest BCUT2D eigenvalue weighted by Crippen LogP contribution is 2.48. The minimum atomic E-state index is -4.16. The molecule has 0 bridgehead atoms. The smallest absolute Gasteiger partial charge is 0.243 e. The summed E-state index contributed by atoms with van der Waals surface area (Å²) >= 11 is 12.7. The fourth-order valence-corrected chi connectivity index (χ4v) is 10.4. The Morgan fingerprint density at radius 3 is 1.67 bits per heavy atom. The summed E-state index contributed by atoms with van der Waals surface area (Å²) < 4.78 is 60.4. The molecule has 0 saturated carbocycles. The molecule has 0 aromatic heterocycles. The molecule has 0 spiro atoms. The highest BCUT2D eigenvalue weighted by molar-refractivity contribution is 7.89. The minimum absolute atomic E-state index is 0.0456. The number of nitrogens with zero attached hydrogens (tertiary/aromatic N) is 2. The maximum Gasteiger partial charge on any atom is 0.243 e. The Kier molecular flexibility index (Phi) is 8.71. The molecule has 0 radical (unpaired) electrons. The second-order valence-corrected chi connectivity index (χ2v) is 16.4. The van der Waals surface area contributed by atoms with Gasteiger partial charge in [-0.15, -0.1) is 0 Å². The molecule has 45 heavy (non-hydrogen) atoms. The van der Waals surface area contributed by atoms with Gasteiger partial charge in [0.2, 0.25) is 20.0 Å². The SMILES string of the molecule is Cc1ccc(S(=O)(=O)N2C[C@H]3C(=O)CC(c4cccc(Cl)c4)N(S(=O)(=O)c4ccc(C)cc4)[C@H]3C[C@H]2c2cccc(Cl)c2)cc1. The molecule has 2 aliphatic heterocycles. The van der Waals surface area contributed by atoms with Gasteiger partial charge in [-0.3, -0.25) is 4.79 Å². The van der Waals surface area contributed by atoms with Gasteiger partial charge in [-0.1, -0.05) is 82.9 Å². The van der Waals surface area contributed by atoms with Gasteiger partial charge in [0, 0.05) is 35.0 Å².